The molecule has 1 fully saturated rings. The lowest BCUT2D eigenvalue weighted by atomic mass is 9.84. The molecule has 2 atom stereocenters. The Morgan fingerprint density at radius 1 is 1.14 bits per heavy atom. The first-order valence-electron chi connectivity index (χ1n) is 10.4. The average molecular weight is 432 g/mol. The van der Waals surface area contributed by atoms with Gasteiger partial charge in [-0.3, -0.25) is 9.69 Å². The summed E-state index contributed by atoms with van der Waals surface area (Å²) in [7, 11) is 0. The molecule has 0 bridgehead atoms. The number of amides is 1. The topological polar surface area (TPSA) is 44.4 Å². The third kappa shape index (κ3) is 9.13. The van der Waals surface area contributed by atoms with E-state index >= 15 is 0 Å². The van der Waals surface area contributed by atoms with Crippen LogP contribution in [-0.4, -0.2) is 49.6 Å². The van der Waals surface area contributed by atoms with Crippen molar-refractivity contribution in [3.8, 4) is 0 Å². The Morgan fingerprint density at radius 3 is 2.32 bits per heavy atom. The van der Waals surface area contributed by atoms with E-state index in [-0.39, 0.29) is 30.7 Å². The van der Waals surface area contributed by atoms with Crippen LogP contribution in [0.4, 0.5) is 0 Å². The van der Waals surface area contributed by atoms with Gasteiger partial charge in [0.05, 0.1) is 0 Å². The van der Waals surface area contributed by atoms with E-state index in [1.54, 1.807) is 0 Å². The van der Waals surface area contributed by atoms with Crippen molar-refractivity contribution < 1.29 is 4.79 Å². The largest absolute Gasteiger partial charge is 0.355 e. The lowest BCUT2D eigenvalue weighted by Gasteiger charge is -2.31. The summed E-state index contributed by atoms with van der Waals surface area (Å²) >= 11 is 0. The van der Waals surface area contributed by atoms with Crippen molar-refractivity contribution in [2.75, 3.05) is 32.7 Å². The molecule has 1 aromatic rings. The molecule has 1 amide bonds. The molecule has 1 saturated heterocycles. The van der Waals surface area contributed by atoms with E-state index in [1.807, 2.05) is 0 Å². The predicted octanol–water partition coefficient (Wildman–Crippen LogP) is 3.93. The molecule has 4 nitrogen and oxygen atoms in total. The van der Waals surface area contributed by atoms with Gasteiger partial charge in [0.25, 0.3) is 0 Å². The minimum atomic E-state index is 0. The number of rotatable bonds is 10. The predicted molar refractivity (Wildman–Crippen MR) is 124 cm³/mol. The number of nitrogens with zero attached hydrogens (tertiary/aromatic N) is 1. The number of hydrogen-bond donors (Lipinski definition) is 2. The number of halogens is 2. The summed E-state index contributed by atoms with van der Waals surface area (Å²) in [6, 6.07) is 10.9. The normalized spacial score (nSPS) is 16.6. The van der Waals surface area contributed by atoms with Gasteiger partial charge in [-0.1, -0.05) is 51.1 Å². The van der Waals surface area contributed by atoms with Crippen molar-refractivity contribution in [2.24, 2.45) is 11.8 Å². The average Bonchev–Trinajstić information content (AvgIpc) is 2.68. The highest BCUT2D eigenvalue weighted by Crippen LogP contribution is 2.24. The number of carbonyl (C=O) groups is 1. The van der Waals surface area contributed by atoms with Gasteiger partial charge in [0.15, 0.2) is 0 Å². The summed E-state index contributed by atoms with van der Waals surface area (Å²) in [5.74, 6) is 1.37. The van der Waals surface area contributed by atoms with Crippen LogP contribution >= 0.6 is 24.8 Å². The molecule has 0 aromatic heterocycles. The lowest BCUT2D eigenvalue weighted by Crippen LogP contribution is -2.45. The number of carbonyl (C=O) groups excluding carboxylic acids is 1. The molecule has 2 rings (SSSR count). The van der Waals surface area contributed by atoms with Gasteiger partial charge < -0.3 is 10.6 Å². The Labute approximate surface area is 184 Å². The van der Waals surface area contributed by atoms with E-state index in [9.17, 15) is 4.79 Å². The van der Waals surface area contributed by atoms with Gasteiger partial charge in [-0.05, 0) is 62.8 Å². The summed E-state index contributed by atoms with van der Waals surface area (Å²) < 4.78 is 0. The summed E-state index contributed by atoms with van der Waals surface area (Å²) in [4.78, 5) is 15.0. The molecule has 1 aliphatic heterocycles. The Kier molecular flexibility index (Phi) is 14.6. The van der Waals surface area contributed by atoms with Crippen molar-refractivity contribution in [3.63, 3.8) is 0 Å². The van der Waals surface area contributed by atoms with E-state index in [4.69, 9.17) is 0 Å². The molecule has 0 aliphatic carbocycles. The highest BCUT2D eigenvalue weighted by Gasteiger charge is 2.23. The Morgan fingerprint density at radius 2 is 1.75 bits per heavy atom. The number of nitrogens with one attached hydrogen (secondary N) is 2. The first-order valence-corrected chi connectivity index (χ1v) is 10.4. The van der Waals surface area contributed by atoms with Gasteiger partial charge in [-0.2, -0.15) is 0 Å². The second-order valence-electron chi connectivity index (χ2n) is 7.64. The highest BCUT2D eigenvalue weighted by atomic mass is 35.5. The van der Waals surface area contributed by atoms with Crippen LogP contribution in [-0.2, 0) is 11.2 Å². The van der Waals surface area contributed by atoms with Crippen LogP contribution in [0.5, 0.6) is 0 Å². The van der Waals surface area contributed by atoms with E-state index in [0.29, 0.717) is 24.3 Å². The summed E-state index contributed by atoms with van der Waals surface area (Å²) in [6.45, 7) is 11.6. The molecular formula is C22H39Cl2N3O. The SMILES string of the molecule is CCN(CC)C(CNC(=O)CC(C)C1CCNCC1)Cc1ccccc1.Cl.Cl. The Bertz CT molecular complexity index is 520. The van der Waals surface area contributed by atoms with Crippen molar-refractivity contribution in [1.82, 2.24) is 15.5 Å². The Balaban J connectivity index is 0.00000364. The third-order valence-electron chi connectivity index (χ3n) is 5.87. The number of benzene rings is 1. The van der Waals surface area contributed by atoms with E-state index in [0.717, 1.165) is 39.1 Å². The maximum Gasteiger partial charge on any atom is 0.220 e. The fourth-order valence-electron chi connectivity index (χ4n) is 4.13. The molecule has 1 heterocycles. The van der Waals surface area contributed by atoms with Crippen LogP contribution in [0.25, 0.3) is 0 Å². The molecule has 1 aliphatic rings. The van der Waals surface area contributed by atoms with Crippen LogP contribution in [0.15, 0.2) is 30.3 Å². The molecule has 1 aromatic carbocycles. The van der Waals surface area contributed by atoms with Crippen LogP contribution in [0.3, 0.4) is 0 Å². The fourth-order valence-corrected chi connectivity index (χ4v) is 4.13. The molecule has 6 heteroatoms. The van der Waals surface area contributed by atoms with E-state index < -0.39 is 0 Å². The lowest BCUT2D eigenvalue weighted by molar-refractivity contribution is -0.122. The van der Waals surface area contributed by atoms with Crippen LogP contribution in [0.2, 0.25) is 0 Å². The molecule has 162 valence electrons. The van der Waals surface area contributed by atoms with Crippen molar-refractivity contribution >= 4 is 30.7 Å². The van der Waals surface area contributed by atoms with E-state index in [2.05, 4.69) is 66.6 Å². The molecule has 2 unspecified atom stereocenters. The minimum absolute atomic E-state index is 0. The van der Waals surface area contributed by atoms with Gasteiger partial charge in [-0.15, -0.1) is 24.8 Å². The fraction of sp³-hybridized carbons (Fsp3) is 0.682. The standard InChI is InChI=1S/C22H37N3O.2ClH/c1-4-25(5-2)21(16-19-9-7-6-8-10-19)17-24-22(26)15-18(3)20-11-13-23-14-12-20;;/h6-10,18,20-21,23H,4-5,11-17H2,1-3H3,(H,24,26);2*1H. The monoisotopic (exact) mass is 431 g/mol. The second-order valence-corrected chi connectivity index (χ2v) is 7.64. The minimum Gasteiger partial charge on any atom is -0.355 e. The summed E-state index contributed by atoms with van der Waals surface area (Å²) in [5, 5.41) is 6.63. The zero-order valence-electron chi connectivity index (χ0n) is 17.7. The Hall–Kier alpha value is -0.810. The molecule has 0 saturated carbocycles. The zero-order valence-corrected chi connectivity index (χ0v) is 19.3. The third-order valence-corrected chi connectivity index (χ3v) is 5.87. The molecule has 28 heavy (non-hydrogen) atoms. The van der Waals surface area contributed by atoms with Gasteiger partial charge in [0.2, 0.25) is 5.91 Å². The smallest absolute Gasteiger partial charge is 0.220 e. The number of piperidine rings is 1. The van der Waals surface area contributed by atoms with Crippen molar-refractivity contribution in [1.29, 1.82) is 0 Å². The van der Waals surface area contributed by atoms with Gasteiger partial charge in [0.1, 0.15) is 0 Å². The van der Waals surface area contributed by atoms with E-state index in [1.165, 1.54) is 18.4 Å². The van der Waals surface area contributed by atoms with Gasteiger partial charge >= 0.3 is 0 Å². The van der Waals surface area contributed by atoms with Crippen molar-refractivity contribution in [2.45, 2.75) is 52.5 Å². The molecule has 0 radical (unpaired) electrons. The number of hydrogen-bond acceptors (Lipinski definition) is 3. The summed E-state index contributed by atoms with van der Waals surface area (Å²) in [6.07, 6.45) is 4.03. The van der Waals surface area contributed by atoms with Crippen LogP contribution < -0.4 is 10.6 Å². The van der Waals surface area contributed by atoms with Crippen molar-refractivity contribution in [3.05, 3.63) is 35.9 Å². The first-order chi connectivity index (χ1) is 12.6. The molecule has 0 spiro atoms. The highest BCUT2D eigenvalue weighted by molar-refractivity contribution is 5.85. The summed E-state index contributed by atoms with van der Waals surface area (Å²) in [5.41, 5.74) is 1.33. The van der Waals surface area contributed by atoms with Crippen LogP contribution in [0, 0.1) is 11.8 Å². The second kappa shape index (κ2) is 15.1. The van der Waals surface area contributed by atoms with Gasteiger partial charge in [0, 0.05) is 19.0 Å². The maximum atomic E-state index is 12.5. The molecular weight excluding hydrogens is 393 g/mol. The van der Waals surface area contributed by atoms with Crippen LogP contribution in [0.1, 0.15) is 45.6 Å². The number of likely N-dealkylation sites (N-methyl/N-ethyl adjacent to an activating group) is 1. The first kappa shape index (κ1) is 27.2. The molecule has 2 N–H and O–H groups in total. The van der Waals surface area contributed by atoms with Gasteiger partial charge in [-0.25, -0.2) is 0 Å². The maximum absolute atomic E-state index is 12.5. The quantitative estimate of drug-likeness (QED) is 0.589. The zero-order chi connectivity index (χ0) is 18.8.